The molecule has 0 saturated heterocycles. The third kappa shape index (κ3) is 3.48. The molecule has 0 radical (unpaired) electrons. The molecule has 20 heavy (non-hydrogen) atoms. The first kappa shape index (κ1) is 14.3. The van der Waals surface area contributed by atoms with Gasteiger partial charge in [0.1, 0.15) is 11.6 Å². The second-order valence-electron chi connectivity index (χ2n) is 5.48. The lowest BCUT2D eigenvalue weighted by Gasteiger charge is -2.11. The minimum absolute atomic E-state index is 0.184. The lowest BCUT2D eigenvalue weighted by atomic mass is 10.0. The van der Waals surface area contributed by atoms with Gasteiger partial charge in [0.05, 0.1) is 0 Å². The third-order valence-electron chi connectivity index (χ3n) is 3.78. The van der Waals surface area contributed by atoms with Gasteiger partial charge in [-0.2, -0.15) is 5.26 Å². The summed E-state index contributed by atoms with van der Waals surface area (Å²) in [6.07, 6.45) is 6.04. The molecular formula is C17H20N2O. The molecule has 0 atom stereocenters. The van der Waals surface area contributed by atoms with Crippen LogP contribution < -0.4 is 5.32 Å². The number of aryl methyl sites for hydroxylation is 2. The standard InChI is InChI=1S/C17H20N2O/c1-12-7-8-14(13(2)9-12)10-15(11-18)17(20)19-16-5-3-4-6-16/h7-10,16H,3-6H2,1-2H3,(H,19,20)/b15-10-. The summed E-state index contributed by atoms with van der Waals surface area (Å²) in [5, 5.41) is 12.1. The molecule has 0 aromatic heterocycles. The summed E-state index contributed by atoms with van der Waals surface area (Å²) >= 11 is 0. The molecule has 0 unspecified atom stereocenters. The van der Waals surface area contributed by atoms with Gasteiger partial charge in [0.15, 0.2) is 0 Å². The molecule has 1 saturated carbocycles. The van der Waals surface area contributed by atoms with Crippen LogP contribution in [0.4, 0.5) is 0 Å². The van der Waals surface area contributed by atoms with E-state index in [0.29, 0.717) is 0 Å². The fourth-order valence-electron chi connectivity index (χ4n) is 2.62. The predicted octanol–water partition coefficient (Wildman–Crippen LogP) is 3.27. The Morgan fingerprint density at radius 3 is 2.65 bits per heavy atom. The molecule has 0 heterocycles. The summed E-state index contributed by atoms with van der Waals surface area (Å²) in [6, 6.07) is 8.24. The molecule has 2 rings (SSSR count). The van der Waals surface area contributed by atoms with Gasteiger partial charge in [0, 0.05) is 6.04 Å². The van der Waals surface area contributed by atoms with Crippen molar-refractivity contribution < 1.29 is 4.79 Å². The van der Waals surface area contributed by atoms with Gasteiger partial charge in [0.2, 0.25) is 0 Å². The first-order chi connectivity index (χ1) is 9.60. The molecule has 104 valence electrons. The quantitative estimate of drug-likeness (QED) is 0.675. The SMILES string of the molecule is Cc1ccc(/C=C(/C#N)C(=O)NC2CCCC2)c(C)c1. The summed E-state index contributed by atoms with van der Waals surface area (Å²) in [6.45, 7) is 4.02. The Bertz CT molecular complexity index is 575. The van der Waals surface area contributed by atoms with Crippen molar-refractivity contribution in [3.63, 3.8) is 0 Å². The van der Waals surface area contributed by atoms with Crippen LogP contribution in [0.25, 0.3) is 6.08 Å². The number of rotatable bonds is 3. The molecule has 1 aromatic rings. The molecule has 1 aliphatic carbocycles. The second-order valence-corrected chi connectivity index (χ2v) is 5.48. The van der Waals surface area contributed by atoms with Crippen LogP contribution in [0.5, 0.6) is 0 Å². The summed E-state index contributed by atoms with van der Waals surface area (Å²) in [5.41, 5.74) is 3.36. The van der Waals surface area contributed by atoms with Crippen LogP contribution >= 0.6 is 0 Å². The van der Waals surface area contributed by atoms with Crippen molar-refractivity contribution in [1.82, 2.24) is 5.32 Å². The maximum absolute atomic E-state index is 12.1. The van der Waals surface area contributed by atoms with Gasteiger partial charge in [-0.1, -0.05) is 36.6 Å². The van der Waals surface area contributed by atoms with Crippen LogP contribution in [0, 0.1) is 25.2 Å². The number of benzene rings is 1. The van der Waals surface area contributed by atoms with E-state index in [4.69, 9.17) is 0 Å². The van der Waals surface area contributed by atoms with Crippen molar-refractivity contribution in [3.05, 3.63) is 40.5 Å². The van der Waals surface area contributed by atoms with Gasteiger partial charge in [0.25, 0.3) is 5.91 Å². The van der Waals surface area contributed by atoms with Gasteiger partial charge in [-0.15, -0.1) is 0 Å². The first-order valence-electron chi connectivity index (χ1n) is 7.10. The molecule has 0 spiro atoms. The summed E-state index contributed by atoms with van der Waals surface area (Å²) in [7, 11) is 0. The van der Waals surface area contributed by atoms with Crippen molar-refractivity contribution in [2.45, 2.75) is 45.6 Å². The molecule has 1 fully saturated rings. The molecule has 0 bridgehead atoms. The van der Waals surface area contributed by atoms with Gasteiger partial charge in [-0.3, -0.25) is 4.79 Å². The summed E-state index contributed by atoms with van der Waals surface area (Å²) in [4.78, 5) is 12.1. The molecule has 3 heteroatoms. The molecule has 1 aromatic carbocycles. The topological polar surface area (TPSA) is 52.9 Å². The number of carbonyl (C=O) groups excluding carboxylic acids is 1. The van der Waals surface area contributed by atoms with Crippen molar-refractivity contribution in [2.24, 2.45) is 0 Å². The van der Waals surface area contributed by atoms with Crippen LogP contribution in [0.2, 0.25) is 0 Å². The highest BCUT2D eigenvalue weighted by Gasteiger charge is 2.19. The Morgan fingerprint density at radius 2 is 2.05 bits per heavy atom. The van der Waals surface area contributed by atoms with E-state index in [1.54, 1.807) is 6.08 Å². The second kappa shape index (κ2) is 6.38. The summed E-state index contributed by atoms with van der Waals surface area (Å²) < 4.78 is 0. The number of nitrogens with one attached hydrogen (secondary N) is 1. The highest BCUT2D eigenvalue weighted by molar-refractivity contribution is 6.02. The van der Waals surface area contributed by atoms with Crippen molar-refractivity contribution in [1.29, 1.82) is 5.26 Å². The lowest BCUT2D eigenvalue weighted by Crippen LogP contribution is -2.33. The Labute approximate surface area is 120 Å². The maximum Gasteiger partial charge on any atom is 0.262 e. The van der Waals surface area contributed by atoms with Crippen molar-refractivity contribution in [2.75, 3.05) is 0 Å². The van der Waals surface area contributed by atoms with E-state index in [-0.39, 0.29) is 17.5 Å². The average molecular weight is 268 g/mol. The van der Waals surface area contributed by atoms with Crippen LogP contribution in [-0.2, 0) is 4.79 Å². The first-order valence-corrected chi connectivity index (χ1v) is 7.10. The number of hydrogen-bond donors (Lipinski definition) is 1. The van der Waals surface area contributed by atoms with E-state index in [1.165, 1.54) is 5.56 Å². The lowest BCUT2D eigenvalue weighted by molar-refractivity contribution is -0.117. The monoisotopic (exact) mass is 268 g/mol. The van der Waals surface area contributed by atoms with Crippen molar-refractivity contribution >= 4 is 12.0 Å². The maximum atomic E-state index is 12.1. The molecule has 0 aliphatic heterocycles. The number of nitrogens with zero attached hydrogens (tertiary/aromatic N) is 1. The zero-order chi connectivity index (χ0) is 14.5. The normalized spacial score (nSPS) is 15.9. The average Bonchev–Trinajstić information content (AvgIpc) is 2.90. The Hall–Kier alpha value is -2.08. The number of nitriles is 1. The predicted molar refractivity (Wildman–Crippen MR) is 79.9 cm³/mol. The highest BCUT2D eigenvalue weighted by atomic mass is 16.1. The zero-order valence-electron chi connectivity index (χ0n) is 12.1. The van der Waals surface area contributed by atoms with E-state index in [2.05, 4.69) is 11.4 Å². The highest BCUT2D eigenvalue weighted by Crippen LogP contribution is 2.19. The fourth-order valence-corrected chi connectivity index (χ4v) is 2.62. The largest absolute Gasteiger partial charge is 0.349 e. The Kier molecular flexibility index (Phi) is 4.57. The van der Waals surface area contributed by atoms with Crippen LogP contribution in [0.3, 0.4) is 0 Å². The minimum atomic E-state index is -0.251. The van der Waals surface area contributed by atoms with Crippen molar-refractivity contribution in [3.8, 4) is 6.07 Å². The van der Waals surface area contributed by atoms with Gasteiger partial charge >= 0.3 is 0 Å². The van der Waals surface area contributed by atoms with Gasteiger partial charge in [-0.05, 0) is 43.9 Å². The summed E-state index contributed by atoms with van der Waals surface area (Å²) in [5.74, 6) is -0.251. The smallest absolute Gasteiger partial charge is 0.262 e. The molecule has 3 nitrogen and oxygen atoms in total. The van der Waals surface area contributed by atoms with Gasteiger partial charge in [-0.25, -0.2) is 0 Å². The number of carbonyl (C=O) groups is 1. The molecule has 1 aliphatic rings. The van der Waals surface area contributed by atoms with Crippen LogP contribution in [0.15, 0.2) is 23.8 Å². The minimum Gasteiger partial charge on any atom is -0.349 e. The fraction of sp³-hybridized carbons (Fsp3) is 0.412. The Balaban J connectivity index is 2.16. The Morgan fingerprint density at radius 1 is 1.35 bits per heavy atom. The molecule has 1 amide bonds. The molecule has 1 N–H and O–H groups in total. The van der Waals surface area contributed by atoms with Gasteiger partial charge < -0.3 is 5.32 Å². The third-order valence-corrected chi connectivity index (χ3v) is 3.78. The van der Waals surface area contributed by atoms with E-state index < -0.39 is 0 Å². The molecular weight excluding hydrogens is 248 g/mol. The van der Waals surface area contributed by atoms with Crippen LogP contribution in [0.1, 0.15) is 42.4 Å². The van der Waals surface area contributed by atoms with E-state index >= 15 is 0 Å². The number of hydrogen-bond acceptors (Lipinski definition) is 2. The van der Waals surface area contributed by atoms with E-state index in [0.717, 1.165) is 36.8 Å². The van der Waals surface area contributed by atoms with E-state index in [9.17, 15) is 10.1 Å². The zero-order valence-corrected chi connectivity index (χ0v) is 12.1. The number of amides is 1. The van der Waals surface area contributed by atoms with E-state index in [1.807, 2.05) is 32.0 Å². The van der Waals surface area contributed by atoms with Crippen LogP contribution in [-0.4, -0.2) is 11.9 Å².